The van der Waals surface area contributed by atoms with Crippen molar-refractivity contribution in [1.29, 1.82) is 0 Å². The van der Waals surface area contributed by atoms with Crippen LogP contribution in [-0.4, -0.2) is 0 Å². The van der Waals surface area contributed by atoms with Gasteiger partial charge >= 0.3 is 0 Å². The molecule has 4 heteroatoms. The maximum atomic E-state index is 13.1. The number of fused-ring (bicyclic) bond motifs is 1. The van der Waals surface area contributed by atoms with Gasteiger partial charge in [-0.25, -0.2) is 4.39 Å². The van der Waals surface area contributed by atoms with Crippen LogP contribution >= 0.6 is 11.6 Å². The van der Waals surface area contributed by atoms with Crippen LogP contribution in [0.4, 0.5) is 4.39 Å². The molecule has 20 heavy (non-hydrogen) atoms. The van der Waals surface area contributed by atoms with E-state index >= 15 is 0 Å². The molecule has 0 aromatic heterocycles. The molecule has 2 N–H and O–H groups in total. The molecule has 2 atom stereocenters. The maximum absolute atomic E-state index is 13.1. The van der Waals surface area contributed by atoms with Gasteiger partial charge in [0.2, 0.25) is 0 Å². The molecule has 1 aliphatic rings. The molecule has 2 aromatic carbocycles. The highest BCUT2D eigenvalue weighted by molar-refractivity contribution is 6.31. The van der Waals surface area contributed by atoms with Gasteiger partial charge in [-0.15, -0.1) is 0 Å². The van der Waals surface area contributed by atoms with E-state index in [-0.39, 0.29) is 18.0 Å². The van der Waals surface area contributed by atoms with Crippen LogP contribution in [0, 0.1) is 12.7 Å². The van der Waals surface area contributed by atoms with E-state index in [4.69, 9.17) is 22.1 Å². The minimum absolute atomic E-state index is 0.107. The summed E-state index contributed by atoms with van der Waals surface area (Å²) in [6.45, 7) is 2.02. The van der Waals surface area contributed by atoms with Gasteiger partial charge in [0, 0.05) is 23.6 Å². The van der Waals surface area contributed by atoms with Gasteiger partial charge in [-0.05, 0) is 25.1 Å². The number of benzene rings is 2. The zero-order chi connectivity index (χ0) is 14.3. The first kappa shape index (κ1) is 13.4. The van der Waals surface area contributed by atoms with Crippen molar-refractivity contribution in [3.63, 3.8) is 0 Å². The summed E-state index contributed by atoms with van der Waals surface area (Å²) in [5.41, 5.74) is 9.17. The summed E-state index contributed by atoms with van der Waals surface area (Å²) in [7, 11) is 0. The highest BCUT2D eigenvalue weighted by atomic mass is 35.5. The lowest BCUT2D eigenvalue weighted by atomic mass is 9.92. The number of nitrogens with two attached hydrogens (primary N) is 1. The Kier molecular flexibility index (Phi) is 3.40. The summed E-state index contributed by atoms with van der Waals surface area (Å²) in [5, 5.41) is 0.373. The van der Waals surface area contributed by atoms with Gasteiger partial charge in [0.1, 0.15) is 17.7 Å². The summed E-state index contributed by atoms with van der Waals surface area (Å²) in [6, 6.07) is 10.2. The highest BCUT2D eigenvalue weighted by Crippen LogP contribution is 2.41. The Balaban J connectivity index is 1.97. The van der Waals surface area contributed by atoms with Crippen LogP contribution in [0.25, 0.3) is 0 Å². The summed E-state index contributed by atoms with van der Waals surface area (Å²) >= 11 is 6.10. The first-order valence-electron chi connectivity index (χ1n) is 6.52. The monoisotopic (exact) mass is 291 g/mol. The first-order chi connectivity index (χ1) is 9.54. The second-order valence-corrected chi connectivity index (χ2v) is 5.56. The Bertz CT molecular complexity index is 659. The molecule has 1 unspecified atom stereocenters. The minimum Gasteiger partial charge on any atom is -0.485 e. The number of hydrogen-bond donors (Lipinski definition) is 1. The second-order valence-electron chi connectivity index (χ2n) is 5.16. The zero-order valence-electron chi connectivity index (χ0n) is 11.1. The molecule has 3 rings (SSSR count). The van der Waals surface area contributed by atoms with E-state index in [1.54, 1.807) is 6.07 Å². The van der Waals surface area contributed by atoms with Gasteiger partial charge in [-0.3, -0.25) is 0 Å². The van der Waals surface area contributed by atoms with Crippen LogP contribution < -0.4 is 10.5 Å². The van der Waals surface area contributed by atoms with E-state index in [9.17, 15) is 4.39 Å². The van der Waals surface area contributed by atoms with Gasteiger partial charge in [0.05, 0.1) is 5.02 Å². The van der Waals surface area contributed by atoms with E-state index in [1.807, 2.05) is 25.1 Å². The van der Waals surface area contributed by atoms with Gasteiger partial charge in [0.25, 0.3) is 0 Å². The van der Waals surface area contributed by atoms with E-state index in [0.29, 0.717) is 11.4 Å². The van der Waals surface area contributed by atoms with Gasteiger partial charge in [-0.1, -0.05) is 35.4 Å². The molecule has 0 radical (unpaired) electrons. The number of halogens is 2. The Labute approximate surface area is 122 Å². The third kappa shape index (κ3) is 2.39. The maximum Gasteiger partial charge on any atom is 0.127 e. The molecular formula is C16H15ClFNO. The smallest absolute Gasteiger partial charge is 0.127 e. The molecular weight excluding hydrogens is 277 g/mol. The standard InChI is InChI=1S/C16H15ClFNO/c1-9-2-5-15-12(6-9)14(19)8-16(20-15)11-4-3-10(18)7-13(11)17/h2-7,14,16H,8,19H2,1H3/t14-,16?/m1/s1. The number of aryl methyl sites for hydroxylation is 1. The third-order valence-corrected chi connectivity index (χ3v) is 3.94. The van der Waals surface area contributed by atoms with Gasteiger partial charge < -0.3 is 10.5 Å². The Morgan fingerprint density at radius 2 is 2.00 bits per heavy atom. The Morgan fingerprint density at radius 3 is 2.75 bits per heavy atom. The number of ether oxygens (including phenoxy) is 1. The van der Waals surface area contributed by atoms with Crippen molar-refractivity contribution < 1.29 is 9.13 Å². The quantitative estimate of drug-likeness (QED) is 0.849. The molecule has 0 aliphatic carbocycles. The minimum atomic E-state index is -0.352. The van der Waals surface area contributed by atoms with Crippen LogP contribution in [-0.2, 0) is 0 Å². The van der Waals surface area contributed by atoms with Crippen LogP contribution in [0.1, 0.15) is 35.3 Å². The third-order valence-electron chi connectivity index (χ3n) is 3.61. The lowest BCUT2D eigenvalue weighted by Gasteiger charge is -2.31. The SMILES string of the molecule is Cc1ccc2c(c1)[C@H](N)CC(c1ccc(F)cc1Cl)O2. The van der Waals surface area contributed by atoms with Crippen molar-refractivity contribution in [1.82, 2.24) is 0 Å². The molecule has 2 aromatic rings. The Hall–Kier alpha value is -1.58. The molecule has 0 bridgehead atoms. The van der Waals surface area contributed by atoms with Crippen molar-refractivity contribution in [2.24, 2.45) is 5.73 Å². The largest absolute Gasteiger partial charge is 0.485 e. The molecule has 104 valence electrons. The summed E-state index contributed by atoms with van der Waals surface area (Å²) in [6.07, 6.45) is 0.384. The van der Waals surface area contributed by atoms with Gasteiger partial charge in [-0.2, -0.15) is 0 Å². The van der Waals surface area contributed by atoms with Gasteiger partial charge in [0.15, 0.2) is 0 Å². The highest BCUT2D eigenvalue weighted by Gasteiger charge is 2.28. The fourth-order valence-electron chi connectivity index (χ4n) is 2.58. The lowest BCUT2D eigenvalue weighted by molar-refractivity contribution is 0.161. The lowest BCUT2D eigenvalue weighted by Crippen LogP contribution is -2.24. The Morgan fingerprint density at radius 1 is 1.20 bits per heavy atom. The van der Waals surface area contributed by atoms with Crippen LogP contribution in [0.2, 0.25) is 5.02 Å². The van der Waals surface area contributed by atoms with E-state index in [2.05, 4.69) is 0 Å². The molecule has 0 saturated heterocycles. The molecule has 0 saturated carbocycles. The van der Waals surface area contributed by atoms with E-state index in [1.165, 1.54) is 12.1 Å². The normalized spacial score (nSPS) is 21.2. The molecule has 1 aliphatic heterocycles. The van der Waals surface area contributed by atoms with Crippen molar-refractivity contribution in [3.05, 3.63) is 63.9 Å². The second kappa shape index (κ2) is 5.08. The van der Waals surface area contributed by atoms with E-state index in [0.717, 1.165) is 22.4 Å². The first-order valence-corrected chi connectivity index (χ1v) is 6.90. The summed E-state index contributed by atoms with van der Waals surface area (Å²) < 4.78 is 19.1. The van der Waals surface area contributed by atoms with Crippen LogP contribution in [0.15, 0.2) is 36.4 Å². The number of rotatable bonds is 1. The summed E-state index contributed by atoms with van der Waals surface area (Å²) in [5.74, 6) is 0.426. The number of hydrogen-bond acceptors (Lipinski definition) is 2. The fourth-order valence-corrected chi connectivity index (χ4v) is 2.87. The predicted octanol–water partition coefficient (Wildman–Crippen LogP) is 4.31. The molecule has 0 spiro atoms. The summed E-state index contributed by atoms with van der Waals surface area (Å²) in [4.78, 5) is 0. The van der Waals surface area contributed by atoms with E-state index < -0.39 is 0 Å². The molecule has 0 amide bonds. The van der Waals surface area contributed by atoms with Crippen LogP contribution in [0.5, 0.6) is 5.75 Å². The fraction of sp³-hybridized carbons (Fsp3) is 0.250. The van der Waals surface area contributed by atoms with Crippen LogP contribution in [0.3, 0.4) is 0 Å². The van der Waals surface area contributed by atoms with Crippen molar-refractivity contribution in [3.8, 4) is 5.75 Å². The topological polar surface area (TPSA) is 35.2 Å². The zero-order valence-corrected chi connectivity index (χ0v) is 11.8. The predicted molar refractivity (Wildman–Crippen MR) is 77.5 cm³/mol. The van der Waals surface area contributed by atoms with Crippen molar-refractivity contribution >= 4 is 11.6 Å². The molecule has 0 fully saturated rings. The molecule has 2 nitrogen and oxygen atoms in total. The molecule has 1 heterocycles. The van der Waals surface area contributed by atoms with Crippen molar-refractivity contribution in [2.45, 2.75) is 25.5 Å². The van der Waals surface area contributed by atoms with Crippen molar-refractivity contribution in [2.75, 3.05) is 0 Å². The average molecular weight is 292 g/mol. The average Bonchev–Trinajstić information content (AvgIpc) is 2.39.